The van der Waals surface area contributed by atoms with E-state index in [2.05, 4.69) is 0 Å². The molecule has 0 aromatic heterocycles. The van der Waals surface area contributed by atoms with Crippen molar-refractivity contribution in [3.05, 3.63) is 60.4 Å². The summed E-state index contributed by atoms with van der Waals surface area (Å²) in [5.41, 5.74) is 0.870. The number of benzene rings is 2. The first-order chi connectivity index (χ1) is 9.72. The first-order valence-electron chi connectivity index (χ1n) is 6.45. The van der Waals surface area contributed by atoms with Gasteiger partial charge in [-0.05, 0) is 31.2 Å². The average molecular weight is 289 g/mol. The van der Waals surface area contributed by atoms with Crippen LogP contribution in [0.2, 0.25) is 0 Å². The van der Waals surface area contributed by atoms with Gasteiger partial charge in [0.2, 0.25) is 5.91 Å². The largest absolute Gasteiger partial charge is 0.312 e. The highest BCUT2D eigenvalue weighted by Crippen LogP contribution is 2.22. The van der Waals surface area contributed by atoms with Gasteiger partial charge in [-0.25, -0.2) is 4.39 Å². The van der Waals surface area contributed by atoms with Crippen LogP contribution in [0.1, 0.15) is 6.92 Å². The zero-order chi connectivity index (χ0) is 14.4. The van der Waals surface area contributed by atoms with E-state index in [1.54, 1.807) is 23.1 Å². The van der Waals surface area contributed by atoms with Crippen molar-refractivity contribution in [2.45, 2.75) is 11.8 Å². The van der Waals surface area contributed by atoms with Crippen LogP contribution >= 0.6 is 11.8 Å². The van der Waals surface area contributed by atoms with Gasteiger partial charge < -0.3 is 4.90 Å². The topological polar surface area (TPSA) is 20.3 Å². The summed E-state index contributed by atoms with van der Waals surface area (Å²) < 4.78 is 13.5. The van der Waals surface area contributed by atoms with Gasteiger partial charge in [0.05, 0.1) is 5.75 Å². The maximum atomic E-state index is 13.5. The van der Waals surface area contributed by atoms with Crippen LogP contribution in [0.4, 0.5) is 10.1 Å². The van der Waals surface area contributed by atoms with E-state index in [0.717, 1.165) is 5.69 Å². The highest BCUT2D eigenvalue weighted by atomic mass is 32.2. The van der Waals surface area contributed by atoms with Crippen molar-refractivity contribution in [3.63, 3.8) is 0 Å². The minimum absolute atomic E-state index is 0.0213. The fourth-order valence-electron chi connectivity index (χ4n) is 1.89. The Bertz CT molecular complexity index is 574. The Morgan fingerprint density at radius 1 is 1.10 bits per heavy atom. The highest BCUT2D eigenvalue weighted by Gasteiger charge is 2.14. The molecule has 4 heteroatoms. The molecule has 0 spiro atoms. The first-order valence-corrected chi connectivity index (χ1v) is 7.43. The van der Waals surface area contributed by atoms with Crippen molar-refractivity contribution in [2.75, 3.05) is 17.2 Å². The van der Waals surface area contributed by atoms with E-state index in [0.29, 0.717) is 11.4 Å². The van der Waals surface area contributed by atoms with Crippen molar-refractivity contribution >= 4 is 23.4 Å². The molecule has 2 aromatic rings. The Morgan fingerprint density at radius 3 is 2.40 bits per heavy atom. The van der Waals surface area contributed by atoms with Gasteiger partial charge in [0.25, 0.3) is 0 Å². The molecule has 104 valence electrons. The van der Waals surface area contributed by atoms with E-state index < -0.39 is 0 Å². The van der Waals surface area contributed by atoms with Gasteiger partial charge in [0, 0.05) is 17.1 Å². The zero-order valence-electron chi connectivity index (χ0n) is 11.3. The van der Waals surface area contributed by atoms with Crippen molar-refractivity contribution in [2.24, 2.45) is 0 Å². The lowest BCUT2D eigenvalue weighted by atomic mass is 10.3. The van der Waals surface area contributed by atoms with Crippen LogP contribution in [-0.4, -0.2) is 18.2 Å². The van der Waals surface area contributed by atoms with E-state index in [4.69, 9.17) is 0 Å². The van der Waals surface area contributed by atoms with Crippen molar-refractivity contribution in [3.8, 4) is 0 Å². The molecule has 0 fully saturated rings. The lowest BCUT2D eigenvalue weighted by Crippen LogP contribution is -2.32. The number of hydrogen-bond acceptors (Lipinski definition) is 2. The summed E-state index contributed by atoms with van der Waals surface area (Å²) >= 11 is 1.23. The standard InChI is InChI=1S/C16H16FNOS/c1-2-18(13-8-4-3-5-9-13)16(19)12-20-15-11-7-6-10-14(15)17/h3-11H,2,12H2,1H3. The Labute approximate surface area is 122 Å². The Morgan fingerprint density at radius 2 is 1.75 bits per heavy atom. The Balaban J connectivity index is 2.02. The van der Waals surface area contributed by atoms with Crippen molar-refractivity contribution in [1.29, 1.82) is 0 Å². The monoisotopic (exact) mass is 289 g/mol. The third-order valence-corrected chi connectivity index (χ3v) is 3.91. The van der Waals surface area contributed by atoms with E-state index in [1.807, 2.05) is 37.3 Å². The third kappa shape index (κ3) is 3.61. The van der Waals surface area contributed by atoms with E-state index in [9.17, 15) is 9.18 Å². The summed E-state index contributed by atoms with van der Waals surface area (Å²) in [5.74, 6) is -0.0797. The number of halogens is 1. The van der Waals surface area contributed by atoms with Gasteiger partial charge >= 0.3 is 0 Å². The molecule has 0 N–H and O–H groups in total. The highest BCUT2D eigenvalue weighted by molar-refractivity contribution is 8.00. The second kappa shape index (κ2) is 7.10. The molecule has 0 aliphatic rings. The maximum absolute atomic E-state index is 13.5. The maximum Gasteiger partial charge on any atom is 0.237 e. The number of thioether (sulfide) groups is 1. The summed E-state index contributed by atoms with van der Waals surface area (Å²) in [7, 11) is 0. The number of amides is 1. The predicted octanol–water partition coefficient (Wildman–Crippen LogP) is 3.97. The molecule has 0 bridgehead atoms. The predicted molar refractivity (Wildman–Crippen MR) is 81.6 cm³/mol. The fourth-order valence-corrected chi connectivity index (χ4v) is 2.71. The van der Waals surface area contributed by atoms with Crippen LogP contribution in [0.5, 0.6) is 0 Å². The van der Waals surface area contributed by atoms with Crippen LogP contribution in [0.15, 0.2) is 59.5 Å². The Hall–Kier alpha value is -1.81. The summed E-state index contributed by atoms with van der Waals surface area (Å²) in [6.45, 7) is 2.53. The SMILES string of the molecule is CCN(C(=O)CSc1ccccc1F)c1ccccc1. The second-order valence-electron chi connectivity index (χ2n) is 4.19. The number of nitrogens with zero attached hydrogens (tertiary/aromatic N) is 1. The quantitative estimate of drug-likeness (QED) is 0.776. The van der Waals surface area contributed by atoms with Crippen LogP contribution in [-0.2, 0) is 4.79 Å². The average Bonchev–Trinajstić information content (AvgIpc) is 2.48. The zero-order valence-corrected chi connectivity index (χ0v) is 12.1. The molecular weight excluding hydrogens is 273 g/mol. The fraction of sp³-hybridized carbons (Fsp3) is 0.188. The lowest BCUT2D eigenvalue weighted by Gasteiger charge is -2.20. The molecule has 0 saturated carbocycles. The molecule has 0 aliphatic carbocycles. The lowest BCUT2D eigenvalue weighted by molar-refractivity contribution is -0.116. The number of carbonyl (C=O) groups is 1. The van der Waals surface area contributed by atoms with Gasteiger partial charge in [-0.2, -0.15) is 0 Å². The van der Waals surface area contributed by atoms with Crippen molar-refractivity contribution in [1.82, 2.24) is 0 Å². The summed E-state index contributed by atoms with van der Waals surface area (Å²) in [4.78, 5) is 14.4. The molecule has 20 heavy (non-hydrogen) atoms. The third-order valence-electron chi connectivity index (χ3n) is 2.87. The van der Waals surface area contributed by atoms with Crippen molar-refractivity contribution < 1.29 is 9.18 Å². The van der Waals surface area contributed by atoms with Crippen LogP contribution in [0, 0.1) is 5.82 Å². The minimum Gasteiger partial charge on any atom is -0.312 e. The number of rotatable bonds is 5. The Kier molecular flexibility index (Phi) is 5.18. The van der Waals surface area contributed by atoms with E-state index in [1.165, 1.54) is 17.8 Å². The molecule has 2 aromatic carbocycles. The normalized spacial score (nSPS) is 10.3. The minimum atomic E-state index is -0.284. The summed E-state index contributed by atoms with van der Waals surface area (Å²) in [6.07, 6.45) is 0. The van der Waals surface area contributed by atoms with Crippen LogP contribution in [0.25, 0.3) is 0 Å². The number of hydrogen-bond donors (Lipinski definition) is 0. The number of carbonyl (C=O) groups excluding carboxylic acids is 1. The van der Waals surface area contributed by atoms with Gasteiger partial charge in [0.15, 0.2) is 0 Å². The molecule has 0 aliphatic heterocycles. The van der Waals surface area contributed by atoms with Crippen LogP contribution < -0.4 is 4.90 Å². The molecule has 0 radical (unpaired) electrons. The smallest absolute Gasteiger partial charge is 0.237 e. The molecule has 0 atom stereocenters. The number of para-hydroxylation sites is 1. The molecule has 2 rings (SSSR count). The molecule has 0 heterocycles. The molecular formula is C16H16FNOS. The van der Waals surface area contributed by atoms with Crippen LogP contribution in [0.3, 0.4) is 0 Å². The van der Waals surface area contributed by atoms with E-state index in [-0.39, 0.29) is 17.5 Å². The molecule has 1 amide bonds. The van der Waals surface area contributed by atoms with Gasteiger partial charge in [-0.3, -0.25) is 4.79 Å². The molecule has 0 unspecified atom stereocenters. The van der Waals surface area contributed by atoms with Gasteiger partial charge in [0.1, 0.15) is 5.82 Å². The van der Waals surface area contributed by atoms with Gasteiger partial charge in [-0.15, -0.1) is 11.8 Å². The van der Waals surface area contributed by atoms with E-state index >= 15 is 0 Å². The first kappa shape index (κ1) is 14.6. The second-order valence-corrected chi connectivity index (χ2v) is 5.21. The summed E-state index contributed by atoms with van der Waals surface area (Å²) in [5, 5.41) is 0. The molecule has 2 nitrogen and oxygen atoms in total. The summed E-state index contributed by atoms with van der Waals surface area (Å²) in [6, 6.07) is 16.0. The number of anilines is 1. The van der Waals surface area contributed by atoms with Gasteiger partial charge in [-0.1, -0.05) is 30.3 Å². The molecule has 0 saturated heterocycles.